The Labute approximate surface area is 223 Å². The normalized spacial score (nSPS) is 22.2. The quantitative estimate of drug-likeness (QED) is 0.376. The fraction of sp³-hybridized carbons (Fsp3) is 0.462. The molecule has 1 aliphatic heterocycles. The van der Waals surface area contributed by atoms with Gasteiger partial charge in [0.2, 0.25) is 5.13 Å². The number of nitrogens with one attached hydrogen (secondary N) is 3. The highest BCUT2D eigenvalue weighted by molar-refractivity contribution is 7.13. The third-order valence-corrected chi connectivity index (χ3v) is 7.74. The molecule has 8 nitrogen and oxygen atoms in total. The van der Waals surface area contributed by atoms with Gasteiger partial charge >= 0.3 is 6.18 Å². The molecule has 5 rings (SSSR count). The van der Waals surface area contributed by atoms with Crippen LogP contribution in [0, 0.1) is 0 Å². The van der Waals surface area contributed by atoms with E-state index in [1.807, 2.05) is 0 Å². The second kappa shape index (κ2) is 11.6. The molecule has 1 saturated heterocycles. The van der Waals surface area contributed by atoms with Crippen LogP contribution < -0.4 is 20.9 Å². The molecule has 1 saturated carbocycles. The minimum atomic E-state index is -4.33. The van der Waals surface area contributed by atoms with Gasteiger partial charge in [0.15, 0.2) is 0 Å². The maximum atomic E-state index is 13.0. The summed E-state index contributed by atoms with van der Waals surface area (Å²) in [6.45, 7) is 1.57. The van der Waals surface area contributed by atoms with E-state index in [-0.39, 0.29) is 24.0 Å². The van der Waals surface area contributed by atoms with E-state index in [9.17, 15) is 18.0 Å². The molecule has 0 bridgehead atoms. The summed E-state index contributed by atoms with van der Waals surface area (Å²) >= 11 is 1.25. The summed E-state index contributed by atoms with van der Waals surface area (Å²) < 4.78 is 38.9. The van der Waals surface area contributed by atoms with Crippen LogP contribution in [-0.2, 0) is 6.18 Å². The zero-order valence-electron chi connectivity index (χ0n) is 20.7. The van der Waals surface area contributed by atoms with E-state index in [0.29, 0.717) is 16.5 Å². The second-order valence-corrected chi connectivity index (χ2v) is 10.6. The number of aromatic nitrogens is 3. The molecular formula is C26H30F3N7OS. The lowest BCUT2D eigenvalue weighted by Crippen LogP contribution is -2.55. The lowest BCUT2D eigenvalue weighted by Gasteiger charge is -2.40. The molecule has 1 amide bonds. The Morgan fingerprint density at radius 3 is 2.55 bits per heavy atom. The Balaban J connectivity index is 1.20. The first-order valence-electron chi connectivity index (χ1n) is 12.8. The molecule has 1 aromatic carbocycles. The average molecular weight is 546 g/mol. The van der Waals surface area contributed by atoms with Gasteiger partial charge in [0.25, 0.3) is 5.91 Å². The topological polar surface area (TPSA) is 95.1 Å². The largest absolute Gasteiger partial charge is 0.416 e. The van der Waals surface area contributed by atoms with E-state index in [2.05, 4.69) is 36.0 Å². The summed E-state index contributed by atoms with van der Waals surface area (Å²) in [5.41, 5.74) is 2.23. The van der Waals surface area contributed by atoms with E-state index in [0.717, 1.165) is 69.4 Å². The molecule has 1 aliphatic carbocycles. The van der Waals surface area contributed by atoms with Gasteiger partial charge in [0.05, 0.1) is 5.56 Å². The molecule has 2 aliphatic rings. The predicted molar refractivity (Wildman–Crippen MR) is 142 cm³/mol. The van der Waals surface area contributed by atoms with Crippen LogP contribution in [0.5, 0.6) is 0 Å². The van der Waals surface area contributed by atoms with E-state index >= 15 is 0 Å². The summed E-state index contributed by atoms with van der Waals surface area (Å²) in [4.78, 5) is 19.2. The fourth-order valence-electron chi connectivity index (χ4n) is 5.25. The number of rotatable bonds is 7. The number of carbonyl (C=O) groups excluding carboxylic acids is 1. The van der Waals surface area contributed by atoms with Crippen LogP contribution in [0.4, 0.5) is 29.8 Å². The molecule has 12 heteroatoms. The van der Waals surface area contributed by atoms with Crippen molar-refractivity contribution in [3.8, 4) is 0 Å². The molecule has 3 heterocycles. The zero-order valence-corrected chi connectivity index (χ0v) is 21.6. The highest BCUT2D eigenvalue weighted by atomic mass is 32.1. The number of nitrogens with zero attached hydrogens (tertiary/aromatic N) is 4. The van der Waals surface area contributed by atoms with Crippen molar-refractivity contribution in [3.63, 3.8) is 0 Å². The first kappa shape index (κ1) is 26.4. The molecule has 3 aromatic rings. The van der Waals surface area contributed by atoms with Crippen molar-refractivity contribution < 1.29 is 18.0 Å². The maximum absolute atomic E-state index is 13.0. The van der Waals surface area contributed by atoms with Gasteiger partial charge < -0.3 is 15.5 Å². The average Bonchev–Trinajstić information content (AvgIpc) is 3.43. The van der Waals surface area contributed by atoms with Crippen LogP contribution in [0.2, 0.25) is 0 Å². The third-order valence-electron chi connectivity index (χ3n) is 7.13. The number of hydrogen-bond acceptors (Lipinski definition) is 8. The standard InChI is InChI=1S/C26H30F3N7OS/c27-26(28,29)18-7-9-20(10-8-18)36-13-3-4-19(15-36)32-21-5-1-2-6-22(21)33-23-14-17(11-12-30-23)24(37)34-25-35-31-16-38-25/h7-12,14,16,19,21-22,32H,1-6,13,15H2,(H,30,33)(H,34,35,37)/t19?,21-,22-/m1/s1. The van der Waals surface area contributed by atoms with E-state index in [1.54, 1.807) is 36.0 Å². The minimum Gasteiger partial charge on any atom is -0.370 e. The smallest absolute Gasteiger partial charge is 0.370 e. The van der Waals surface area contributed by atoms with Crippen molar-refractivity contribution in [1.82, 2.24) is 20.5 Å². The first-order chi connectivity index (χ1) is 18.3. The number of anilines is 3. The maximum Gasteiger partial charge on any atom is 0.416 e. The molecule has 38 heavy (non-hydrogen) atoms. The van der Waals surface area contributed by atoms with Gasteiger partial charge in [0.1, 0.15) is 11.3 Å². The molecule has 3 N–H and O–H groups in total. The molecule has 1 unspecified atom stereocenters. The lowest BCUT2D eigenvalue weighted by atomic mass is 9.89. The lowest BCUT2D eigenvalue weighted by molar-refractivity contribution is -0.137. The zero-order chi connectivity index (χ0) is 26.5. The Morgan fingerprint density at radius 2 is 1.82 bits per heavy atom. The Kier molecular flexibility index (Phi) is 8.08. The third kappa shape index (κ3) is 6.60. The summed E-state index contributed by atoms with van der Waals surface area (Å²) in [6, 6.07) is 9.46. The minimum absolute atomic E-state index is 0.152. The first-order valence-corrected chi connectivity index (χ1v) is 13.7. The highest BCUT2D eigenvalue weighted by Gasteiger charge is 2.32. The van der Waals surface area contributed by atoms with Gasteiger partial charge in [0, 0.05) is 48.7 Å². The van der Waals surface area contributed by atoms with Crippen LogP contribution in [0.25, 0.3) is 0 Å². The van der Waals surface area contributed by atoms with Crippen molar-refractivity contribution in [3.05, 3.63) is 59.2 Å². The molecule has 202 valence electrons. The number of amides is 1. The van der Waals surface area contributed by atoms with Crippen molar-refractivity contribution in [2.75, 3.05) is 28.6 Å². The van der Waals surface area contributed by atoms with Crippen LogP contribution in [-0.4, -0.2) is 52.3 Å². The van der Waals surface area contributed by atoms with Crippen LogP contribution in [0.3, 0.4) is 0 Å². The summed E-state index contributed by atoms with van der Waals surface area (Å²) in [7, 11) is 0. The van der Waals surface area contributed by atoms with E-state index < -0.39 is 11.7 Å². The number of benzene rings is 1. The second-order valence-electron chi connectivity index (χ2n) is 9.77. The summed E-state index contributed by atoms with van der Waals surface area (Å²) in [6.07, 6.45) is 3.51. The monoisotopic (exact) mass is 545 g/mol. The molecule has 2 aromatic heterocycles. The summed E-state index contributed by atoms with van der Waals surface area (Å²) in [5, 5.41) is 18.1. The van der Waals surface area contributed by atoms with Crippen molar-refractivity contribution in [2.24, 2.45) is 0 Å². The highest BCUT2D eigenvalue weighted by Crippen LogP contribution is 2.31. The van der Waals surface area contributed by atoms with Gasteiger partial charge in [-0.3, -0.25) is 10.1 Å². The van der Waals surface area contributed by atoms with Crippen molar-refractivity contribution >= 4 is 33.9 Å². The van der Waals surface area contributed by atoms with Crippen molar-refractivity contribution in [1.29, 1.82) is 0 Å². The molecule has 2 fully saturated rings. The van der Waals surface area contributed by atoms with Gasteiger partial charge in [-0.25, -0.2) is 4.98 Å². The Hall–Kier alpha value is -3.25. The number of alkyl halides is 3. The Bertz CT molecular complexity index is 1210. The number of halogens is 3. The van der Waals surface area contributed by atoms with Crippen molar-refractivity contribution in [2.45, 2.75) is 62.8 Å². The number of hydrogen-bond donors (Lipinski definition) is 3. The van der Waals surface area contributed by atoms with Gasteiger partial charge in [-0.2, -0.15) is 13.2 Å². The number of pyridine rings is 1. The molecule has 0 spiro atoms. The van der Waals surface area contributed by atoms with E-state index in [1.165, 1.54) is 11.3 Å². The number of carbonyl (C=O) groups is 1. The van der Waals surface area contributed by atoms with Gasteiger partial charge in [-0.1, -0.05) is 24.2 Å². The Morgan fingerprint density at radius 1 is 1.03 bits per heavy atom. The predicted octanol–water partition coefficient (Wildman–Crippen LogP) is 5.19. The SMILES string of the molecule is O=C(Nc1nncs1)c1ccnc(N[C@@H]2CCCC[C@H]2NC2CCCN(c3ccc(C(F)(F)F)cc3)C2)c1. The number of piperidine rings is 1. The molecular weight excluding hydrogens is 515 g/mol. The van der Waals surface area contributed by atoms with Crippen LogP contribution >= 0.6 is 11.3 Å². The van der Waals surface area contributed by atoms with Crippen LogP contribution in [0.1, 0.15) is 54.4 Å². The molecule has 0 radical (unpaired) electrons. The van der Waals surface area contributed by atoms with Gasteiger partial charge in [-0.15, -0.1) is 10.2 Å². The molecule has 3 atom stereocenters. The van der Waals surface area contributed by atoms with Crippen LogP contribution in [0.15, 0.2) is 48.1 Å². The summed E-state index contributed by atoms with van der Waals surface area (Å²) in [5.74, 6) is 0.375. The fourth-order valence-corrected chi connectivity index (χ4v) is 5.69. The van der Waals surface area contributed by atoms with Gasteiger partial charge in [-0.05, 0) is 62.1 Å². The van der Waals surface area contributed by atoms with E-state index in [4.69, 9.17) is 0 Å².